The first kappa shape index (κ1) is 14.5. The van der Waals surface area contributed by atoms with Crippen molar-refractivity contribution in [2.24, 2.45) is 0 Å². The van der Waals surface area contributed by atoms with Gasteiger partial charge in [0.2, 0.25) is 5.91 Å². The molecule has 6 heteroatoms. The number of amides is 1. The molecule has 0 aliphatic carbocycles. The number of thioether (sulfide) groups is 1. The van der Waals surface area contributed by atoms with Gasteiger partial charge in [-0.2, -0.15) is 0 Å². The van der Waals surface area contributed by atoms with Crippen molar-refractivity contribution in [2.45, 2.75) is 11.8 Å². The molecular formula is C14H12F2N2OS. The van der Waals surface area contributed by atoms with Crippen LogP contribution in [0.25, 0.3) is 0 Å². The van der Waals surface area contributed by atoms with Crippen molar-refractivity contribution < 1.29 is 13.6 Å². The number of anilines is 1. The van der Waals surface area contributed by atoms with Crippen molar-refractivity contribution in [1.29, 1.82) is 0 Å². The Bertz CT molecular complexity index is 634. The number of nitrogens with one attached hydrogen (secondary N) is 1. The number of carbonyl (C=O) groups excluding carboxylic acids is 1. The normalized spacial score (nSPS) is 10.3. The smallest absolute Gasteiger partial charge is 0.235 e. The zero-order valence-corrected chi connectivity index (χ0v) is 11.5. The number of pyridine rings is 1. The Hall–Kier alpha value is -1.95. The molecule has 0 saturated carbocycles. The molecule has 1 aromatic carbocycles. The fraction of sp³-hybridized carbons (Fsp3) is 0.143. The summed E-state index contributed by atoms with van der Waals surface area (Å²) in [6.07, 6.45) is 1.58. The third kappa shape index (κ3) is 3.77. The summed E-state index contributed by atoms with van der Waals surface area (Å²) in [5, 5.41) is 2.64. The van der Waals surface area contributed by atoms with Crippen LogP contribution in [0.4, 0.5) is 14.6 Å². The van der Waals surface area contributed by atoms with Gasteiger partial charge in [0.1, 0.15) is 17.5 Å². The summed E-state index contributed by atoms with van der Waals surface area (Å²) < 4.78 is 26.1. The SMILES string of the molecule is Cc1cccnc1NC(=O)CSc1ccc(F)cc1F. The maximum Gasteiger partial charge on any atom is 0.235 e. The van der Waals surface area contributed by atoms with Crippen molar-refractivity contribution in [3.63, 3.8) is 0 Å². The fourth-order valence-electron chi connectivity index (χ4n) is 1.52. The van der Waals surface area contributed by atoms with Gasteiger partial charge >= 0.3 is 0 Å². The Morgan fingerprint density at radius 3 is 2.85 bits per heavy atom. The summed E-state index contributed by atoms with van der Waals surface area (Å²) in [5.74, 6) is -1.09. The number of hydrogen-bond acceptors (Lipinski definition) is 3. The maximum absolute atomic E-state index is 13.4. The average Bonchev–Trinajstić information content (AvgIpc) is 2.40. The van der Waals surface area contributed by atoms with Crippen LogP contribution in [0.5, 0.6) is 0 Å². The van der Waals surface area contributed by atoms with Crippen LogP contribution in [0.1, 0.15) is 5.56 Å². The van der Waals surface area contributed by atoms with Gasteiger partial charge < -0.3 is 5.32 Å². The lowest BCUT2D eigenvalue weighted by Crippen LogP contribution is -2.15. The van der Waals surface area contributed by atoms with E-state index in [0.717, 1.165) is 29.5 Å². The lowest BCUT2D eigenvalue weighted by atomic mass is 10.3. The standard InChI is InChI=1S/C14H12F2N2OS/c1-9-3-2-6-17-14(9)18-13(19)8-20-12-5-4-10(15)7-11(12)16/h2-7H,8H2,1H3,(H,17,18,19). The first-order chi connectivity index (χ1) is 9.56. The highest BCUT2D eigenvalue weighted by Crippen LogP contribution is 2.22. The average molecular weight is 294 g/mol. The lowest BCUT2D eigenvalue weighted by Gasteiger charge is -2.07. The molecule has 1 amide bonds. The van der Waals surface area contributed by atoms with Gasteiger partial charge in [0, 0.05) is 17.2 Å². The Balaban J connectivity index is 1.94. The largest absolute Gasteiger partial charge is 0.310 e. The Morgan fingerprint density at radius 2 is 2.15 bits per heavy atom. The van der Waals surface area contributed by atoms with E-state index in [1.165, 1.54) is 6.07 Å². The molecule has 20 heavy (non-hydrogen) atoms. The van der Waals surface area contributed by atoms with E-state index in [2.05, 4.69) is 10.3 Å². The van der Waals surface area contributed by atoms with Crippen LogP contribution < -0.4 is 5.32 Å². The number of rotatable bonds is 4. The minimum absolute atomic E-state index is 0.0264. The predicted octanol–water partition coefficient (Wildman–Crippen LogP) is 3.40. The Kier molecular flexibility index (Phi) is 4.68. The fourth-order valence-corrected chi connectivity index (χ4v) is 2.24. The first-order valence-electron chi connectivity index (χ1n) is 5.85. The molecule has 0 radical (unpaired) electrons. The molecule has 0 unspecified atom stereocenters. The summed E-state index contributed by atoms with van der Waals surface area (Å²) >= 11 is 1.01. The van der Waals surface area contributed by atoms with Crippen molar-refractivity contribution in [1.82, 2.24) is 4.98 Å². The number of benzene rings is 1. The Labute approximate surface area is 119 Å². The predicted molar refractivity (Wildman–Crippen MR) is 74.7 cm³/mol. The second-order valence-electron chi connectivity index (χ2n) is 4.08. The van der Waals surface area contributed by atoms with E-state index >= 15 is 0 Å². The van der Waals surface area contributed by atoms with Crippen molar-refractivity contribution in [3.05, 3.63) is 53.7 Å². The Morgan fingerprint density at radius 1 is 1.35 bits per heavy atom. The number of halogens is 2. The highest BCUT2D eigenvalue weighted by molar-refractivity contribution is 8.00. The number of nitrogens with zero attached hydrogens (tertiary/aromatic N) is 1. The summed E-state index contributed by atoms with van der Waals surface area (Å²) in [6.45, 7) is 1.83. The van der Waals surface area contributed by atoms with Gasteiger partial charge in [-0.1, -0.05) is 6.07 Å². The number of aryl methyl sites for hydroxylation is 1. The van der Waals surface area contributed by atoms with Crippen LogP contribution in [-0.4, -0.2) is 16.6 Å². The van der Waals surface area contributed by atoms with Gasteiger partial charge in [0.15, 0.2) is 0 Å². The molecule has 0 fully saturated rings. The molecule has 1 heterocycles. The monoisotopic (exact) mass is 294 g/mol. The number of carbonyl (C=O) groups is 1. The van der Waals surface area contributed by atoms with Crippen molar-refractivity contribution in [3.8, 4) is 0 Å². The minimum atomic E-state index is -0.670. The molecule has 0 atom stereocenters. The molecule has 1 aromatic heterocycles. The summed E-state index contributed by atoms with van der Waals surface area (Å²) in [6, 6.07) is 6.87. The van der Waals surface area contributed by atoms with E-state index in [4.69, 9.17) is 0 Å². The zero-order chi connectivity index (χ0) is 14.5. The van der Waals surface area contributed by atoms with Crippen molar-refractivity contribution in [2.75, 3.05) is 11.1 Å². The van der Waals surface area contributed by atoms with Crippen molar-refractivity contribution >= 4 is 23.5 Å². The zero-order valence-electron chi connectivity index (χ0n) is 10.7. The number of aromatic nitrogens is 1. The van der Waals surface area contributed by atoms with Gasteiger partial charge in [-0.25, -0.2) is 13.8 Å². The van der Waals surface area contributed by atoms with Crippen LogP contribution >= 0.6 is 11.8 Å². The van der Waals surface area contributed by atoms with Crippen LogP contribution in [0.2, 0.25) is 0 Å². The molecule has 0 bridgehead atoms. The first-order valence-corrected chi connectivity index (χ1v) is 6.84. The third-order valence-corrected chi connectivity index (χ3v) is 3.57. The van der Waals surface area contributed by atoms with Crippen LogP contribution in [0.15, 0.2) is 41.4 Å². The molecular weight excluding hydrogens is 282 g/mol. The second kappa shape index (κ2) is 6.47. The number of hydrogen-bond donors (Lipinski definition) is 1. The highest BCUT2D eigenvalue weighted by Gasteiger charge is 2.09. The molecule has 0 spiro atoms. The van der Waals surface area contributed by atoms with E-state index in [1.54, 1.807) is 12.3 Å². The molecule has 3 nitrogen and oxygen atoms in total. The summed E-state index contributed by atoms with van der Waals surface area (Å²) in [4.78, 5) is 16.0. The van der Waals surface area contributed by atoms with E-state index in [-0.39, 0.29) is 16.6 Å². The summed E-state index contributed by atoms with van der Waals surface area (Å²) in [7, 11) is 0. The second-order valence-corrected chi connectivity index (χ2v) is 5.10. The van der Waals surface area contributed by atoms with Crippen LogP contribution in [0, 0.1) is 18.6 Å². The highest BCUT2D eigenvalue weighted by atomic mass is 32.2. The quantitative estimate of drug-likeness (QED) is 0.879. The van der Waals surface area contributed by atoms with Gasteiger partial charge in [-0.3, -0.25) is 4.79 Å². The molecule has 2 aromatic rings. The third-order valence-electron chi connectivity index (χ3n) is 2.52. The molecule has 104 valence electrons. The van der Waals surface area contributed by atoms with E-state index < -0.39 is 11.6 Å². The maximum atomic E-state index is 13.4. The minimum Gasteiger partial charge on any atom is -0.310 e. The van der Waals surface area contributed by atoms with Crippen LogP contribution in [0.3, 0.4) is 0 Å². The van der Waals surface area contributed by atoms with E-state index in [9.17, 15) is 13.6 Å². The molecule has 1 N–H and O–H groups in total. The van der Waals surface area contributed by atoms with Gasteiger partial charge in [-0.05, 0) is 30.7 Å². The molecule has 0 aliphatic rings. The van der Waals surface area contributed by atoms with Gasteiger partial charge in [-0.15, -0.1) is 11.8 Å². The topological polar surface area (TPSA) is 42.0 Å². The molecule has 0 aliphatic heterocycles. The molecule has 0 saturated heterocycles. The van der Waals surface area contributed by atoms with E-state index in [0.29, 0.717) is 5.82 Å². The van der Waals surface area contributed by atoms with E-state index in [1.807, 2.05) is 13.0 Å². The summed E-state index contributed by atoms with van der Waals surface area (Å²) in [5.41, 5.74) is 0.846. The molecule has 2 rings (SSSR count). The van der Waals surface area contributed by atoms with Gasteiger partial charge in [0.25, 0.3) is 0 Å². The van der Waals surface area contributed by atoms with Crippen LogP contribution in [-0.2, 0) is 4.79 Å². The lowest BCUT2D eigenvalue weighted by molar-refractivity contribution is -0.113. The van der Waals surface area contributed by atoms with Gasteiger partial charge in [0.05, 0.1) is 5.75 Å².